The Morgan fingerprint density at radius 2 is 2.13 bits per heavy atom. The second-order valence-corrected chi connectivity index (χ2v) is 8.07. The topological polar surface area (TPSA) is 93.6 Å². The average molecular weight is 338 g/mol. The Bertz CT molecular complexity index is 782. The molecule has 0 spiro atoms. The van der Waals surface area contributed by atoms with Crippen LogP contribution in [0.15, 0.2) is 27.3 Å². The summed E-state index contributed by atoms with van der Waals surface area (Å²) in [6.45, 7) is 4.00. The molecule has 124 valence electrons. The monoisotopic (exact) mass is 338 g/mol. The highest BCUT2D eigenvalue weighted by molar-refractivity contribution is 7.91. The van der Waals surface area contributed by atoms with Crippen molar-refractivity contribution in [3.8, 4) is 0 Å². The first-order chi connectivity index (χ1) is 10.9. The lowest BCUT2D eigenvalue weighted by Crippen LogP contribution is -2.57. The number of furan rings is 1. The number of nitrogens with zero attached hydrogens (tertiary/aromatic N) is 2. The van der Waals surface area contributed by atoms with E-state index in [4.69, 9.17) is 8.94 Å². The van der Waals surface area contributed by atoms with Crippen molar-refractivity contribution in [2.24, 2.45) is 0 Å². The maximum atomic E-state index is 12.3. The molecule has 3 heterocycles. The van der Waals surface area contributed by atoms with Crippen molar-refractivity contribution in [2.45, 2.75) is 31.3 Å². The van der Waals surface area contributed by atoms with Crippen LogP contribution in [0.4, 0.5) is 0 Å². The highest BCUT2D eigenvalue weighted by Gasteiger charge is 2.40. The number of amides is 1. The minimum Gasteiger partial charge on any atom is -0.468 e. The Hall–Kier alpha value is -2.09. The minimum absolute atomic E-state index is 0.108. The first kappa shape index (κ1) is 15.8. The molecule has 1 aliphatic rings. The molecule has 3 rings (SSSR count). The van der Waals surface area contributed by atoms with E-state index in [-0.39, 0.29) is 31.2 Å². The van der Waals surface area contributed by atoms with Crippen LogP contribution in [-0.4, -0.2) is 42.7 Å². The first-order valence-corrected chi connectivity index (χ1v) is 9.02. The largest absolute Gasteiger partial charge is 0.468 e. The van der Waals surface area contributed by atoms with Gasteiger partial charge in [0.05, 0.1) is 23.6 Å². The van der Waals surface area contributed by atoms with Crippen molar-refractivity contribution < 1.29 is 22.2 Å². The number of rotatable bonds is 5. The van der Waals surface area contributed by atoms with E-state index in [0.29, 0.717) is 17.2 Å². The predicted molar refractivity (Wildman–Crippen MR) is 81.4 cm³/mol. The SMILES string of the molecule is Cc1noc(C)c1CC(=O)N1CC(S(=O)(=O)Cc2ccco2)C1. The summed E-state index contributed by atoms with van der Waals surface area (Å²) in [7, 11) is -3.31. The van der Waals surface area contributed by atoms with Crippen LogP contribution in [0.2, 0.25) is 0 Å². The molecule has 0 saturated carbocycles. The van der Waals surface area contributed by atoms with E-state index in [1.165, 1.54) is 6.26 Å². The molecule has 2 aromatic rings. The van der Waals surface area contributed by atoms with Crippen LogP contribution in [0.1, 0.15) is 22.8 Å². The summed E-state index contributed by atoms with van der Waals surface area (Å²) in [6, 6.07) is 3.29. The molecule has 0 aromatic carbocycles. The maximum Gasteiger partial charge on any atom is 0.227 e. The van der Waals surface area contributed by atoms with Gasteiger partial charge in [-0.2, -0.15) is 0 Å². The summed E-state index contributed by atoms with van der Waals surface area (Å²) in [5.41, 5.74) is 1.47. The third-order valence-electron chi connectivity index (χ3n) is 4.14. The Morgan fingerprint density at radius 1 is 1.39 bits per heavy atom. The Labute approximate surface area is 134 Å². The Morgan fingerprint density at radius 3 is 2.70 bits per heavy atom. The van der Waals surface area contributed by atoms with Gasteiger partial charge in [-0.3, -0.25) is 4.79 Å². The molecule has 8 heteroatoms. The van der Waals surface area contributed by atoms with Gasteiger partial charge in [0.15, 0.2) is 9.84 Å². The average Bonchev–Trinajstić information content (AvgIpc) is 3.01. The van der Waals surface area contributed by atoms with E-state index in [1.807, 2.05) is 0 Å². The molecule has 23 heavy (non-hydrogen) atoms. The molecule has 1 aliphatic heterocycles. The Kier molecular flexibility index (Phi) is 4.01. The van der Waals surface area contributed by atoms with Gasteiger partial charge in [0, 0.05) is 18.7 Å². The third-order valence-corrected chi connectivity index (χ3v) is 6.14. The highest BCUT2D eigenvalue weighted by atomic mass is 32.2. The van der Waals surface area contributed by atoms with E-state index in [2.05, 4.69) is 5.16 Å². The molecule has 0 aliphatic carbocycles. The number of aromatic nitrogens is 1. The zero-order valence-electron chi connectivity index (χ0n) is 13.0. The summed E-state index contributed by atoms with van der Waals surface area (Å²) in [5, 5.41) is 3.29. The lowest BCUT2D eigenvalue weighted by molar-refractivity contribution is -0.133. The van der Waals surface area contributed by atoms with E-state index in [0.717, 1.165) is 5.56 Å². The molecule has 0 radical (unpaired) electrons. The second-order valence-electron chi connectivity index (χ2n) is 5.79. The van der Waals surface area contributed by atoms with Crippen molar-refractivity contribution in [3.63, 3.8) is 0 Å². The van der Waals surface area contributed by atoms with Gasteiger partial charge in [-0.05, 0) is 26.0 Å². The lowest BCUT2D eigenvalue weighted by atomic mass is 10.1. The van der Waals surface area contributed by atoms with Gasteiger partial charge in [0.2, 0.25) is 5.91 Å². The van der Waals surface area contributed by atoms with Crippen LogP contribution < -0.4 is 0 Å². The number of hydrogen-bond donors (Lipinski definition) is 0. The van der Waals surface area contributed by atoms with Crippen molar-refractivity contribution in [1.82, 2.24) is 10.1 Å². The number of sulfone groups is 1. The van der Waals surface area contributed by atoms with Gasteiger partial charge in [0.1, 0.15) is 17.3 Å². The number of carbonyl (C=O) groups is 1. The fourth-order valence-electron chi connectivity index (χ4n) is 2.60. The van der Waals surface area contributed by atoms with Crippen LogP contribution in [0.3, 0.4) is 0 Å². The van der Waals surface area contributed by atoms with Crippen LogP contribution in [0.25, 0.3) is 0 Å². The predicted octanol–water partition coefficient (Wildman–Crippen LogP) is 1.25. The molecule has 1 fully saturated rings. The van der Waals surface area contributed by atoms with Crippen LogP contribution in [0.5, 0.6) is 0 Å². The lowest BCUT2D eigenvalue weighted by Gasteiger charge is -2.38. The molecule has 0 unspecified atom stereocenters. The fraction of sp³-hybridized carbons (Fsp3) is 0.467. The van der Waals surface area contributed by atoms with Gasteiger partial charge in [-0.1, -0.05) is 5.16 Å². The summed E-state index contributed by atoms with van der Waals surface area (Å²) in [5.74, 6) is 0.809. The van der Waals surface area contributed by atoms with Crippen molar-refractivity contribution in [3.05, 3.63) is 41.2 Å². The standard InChI is InChI=1S/C15H18N2O5S/c1-10-14(11(2)22-16-10)6-15(18)17-7-13(8-17)23(19,20)9-12-4-3-5-21-12/h3-5,13H,6-9H2,1-2H3. The zero-order valence-corrected chi connectivity index (χ0v) is 13.8. The summed E-state index contributed by atoms with van der Waals surface area (Å²) in [4.78, 5) is 13.8. The highest BCUT2D eigenvalue weighted by Crippen LogP contribution is 2.22. The maximum absolute atomic E-state index is 12.3. The van der Waals surface area contributed by atoms with Gasteiger partial charge in [-0.15, -0.1) is 0 Å². The van der Waals surface area contributed by atoms with E-state index in [9.17, 15) is 13.2 Å². The summed E-state index contributed by atoms with van der Waals surface area (Å²) in [6.07, 6.45) is 1.64. The minimum atomic E-state index is -3.31. The first-order valence-electron chi connectivity index (χ1n) is 7.30. The van der Waals surface area contributed by atoms with E-state index >= 15 is 0 Å². The fourth-order valence-corrected chi connectivity index (χ4v) is 4.21. The van der Waals surface area contributed by atoms with Crippen LogP contribution in [0, 0.1) is 13.8 Å². The smallest absolute Gasteiger partial charge is 0.227 e. The normalized spacial score (nSPS) is 15.7. The molecular weight excluding hydrogens is 320 g/mol. The van der Waals surface area contributed by atoms with Gasteiger partial charge >= 0.3 is 0 Å². The number of aryl methyl sites for hydroxylation is 2. The van der Waals surface area contributed by atoms with E-state index < -0.39 is 15.1 Å². The number of likely N-dealkylation sites (tertiary alicyclic amines) is 1. The number of hydrogen-bond acceptors (Lipinski definition) is 6. The van der Waals surface area contributed by atoms with E-state index in [1.54, 1.807) is 30.9 Å². The quantitative estimate of drug-likeness (QED) is 0.814. The van der Waals surface area contributed by atoms with Gasteiger partial charge < -0.3 is 13.8 Å². The van der Waals surface area contributed by atoms with Crippen molar-refractivity contribution in [1.29, 1.82) is 0 Å². The number of carbonyl (C=O) groups excluding carboxylic acids is 1. The molecule has 7 nitrogen and oxygen atoms in total. The third kappa shape index (κ3) is 3.17. The van der Waals surface area contributed by atoms with Gasteiger partial charge in [0.25, 0.3) is 0 Å². The summed E-state index contributed by atoms with van der Waals surface area (Å²) >= 11 is 0. The Balaban J connectivity index is 1.57. The van der Waals surface area contributed by atoms with Crippen molar-refractivity contribution in [2.75, 3.05) is 13.1 Å². The second kappa shape index (κ2) is 5.84. The van der Waals surface area contributed by atoms with Gasteiger partial charge in [-0.25, -0.2) is 8.42 Å². The molecule has 1 saturated heterocycles. The molecule has 1 amide bonds. The van der Waals surface area contributed by atoms with Crippen LogP contribution >= 0.6 is 0 Å². The summed E-state index contributed by atoms with van der Waals surface area (Å²) < 4.78 is 34.6. The zero-order chi connectivity index (χ0) is 16.6. The molecule has 0 N–H and O–H groups in total. The molecular formula is C15H18N2O5S. The molecule has 2 aromatic heterocycles. The van der Waals surface area contributed by atoms with Crippen LogP contribution in [-0.2, 0) is 26.8 Å². The van der Waals surface area contributed by atoms with Crippen molar-refractivity contribution >= 4 is 15.7 Å². The molecule has 0 bridgehead atoms. The molecule has 0 atom stereocenters.